The van der Waals surface area contributed by atoms with Gasteiger partial charge in [-0.1, -0.05) is 45.0 Å². The first-order valence-corrected chi connectivity index (χ1v) is 17.9. The predicted octanol–water partition coefficient (Wildman–Crippen LogP) is 4.28. The topological polar surface area (TPSA) is 161 Å². The lowest BCUT2D eigenvalue weighted by Crippen LogP contribution is -2.57. The summed E-state index contributed by atoms with van der Waals surface area (Å²) in [5.41, 5.74) is -2.87. The first kappa shape index (κ1) is 35.3. The van der Waals surface area contributed by atoms with Gasteiger partial charge >= 0.3 is 6.09 Å². The lowest BCUT2D eigenvalue weighted by Gasteiger charge is -2.36. The number of pyridine rings is 1. The molecule has 0 bridgehead atoms. The molecule has 0 unspecified atom stereocenters. The van der Waals surface area contributed by atoms with E-state index in [-0.39, 0.29) is 25.8 Å². The highest BCUT2D eigenvalue weighted by Gasteiger charge is 2.61. The van der Waals surface area contributed by atoms with Crippen LogP contribution >= 0.6 is 0 Å². The molecule has 0 spiro atoms. The van der Waals surface area contributed by atoms with Gasteiger partial charge in [0.05, 0.1) is 23.3 Å². The van der Waals surface area contributed by atoms with Crippen molar-refractivity contribution < 1.29 is 37.1 Å². The van der Waals surface area contributed by atoms with Gasteiger partial charge in [0.15, 0.2) is 5.78 Å². The molecule has 12 nitrogen and oxygen atoms in total. The Hall–Kier alpha value is -4.00. The van der Waals surface area contributed by atoms with Crippen LogP contribution in [0.4, 0.5) is 4.79 Å². The summed E-state index contributed by atoms with van der Waals surface area (Å²) in [4.78, 5) is 60.8. The quantitative estimate of drug-likeness (QED) is 0.330. The number of fused-ring (bicyclic) bond motifs is 1. The molecule has 3 fully saturated rings. The van der Waals surface area contributed by atoms with Crippen molar-refractivity contribution in [1.29, 1.82) is 0 Å². The summed E-state index contributed by atoms with van der Waals surface area (Å²) >= 11 is 0. The molecule has 48 heavy (non-hydrogen) atoms. The van der Waals surface area contributed by atoms with E-state index in [2.05, 4.69) is 21.6 Å². The van der Waals surface area contributed by atoms with Gasteiger partial charge in [0.1, 0.15) is 17.7 Å². The van der Waals surface area contributed by atoms with Crippen LogP contribution in [-0.4, -0.2) is 77.6 Å². The van der Waals surface area contributed by atoms with Crippen LogP contribution in [0.1, 0.15) is 73.6 Å². The second kappa shape index (κ2) is 12.8. The molecule has 1 aliphatic heterocycles. The van der Waals surface area contributed by atoms with Crippen molar-refractivity contribution in [2.24, 2.45) is 16.7 Å². The van der Waals surface area contributed by atoms with E-state index in [4.69, 9.17) is 9.47 Å². The molecular weight excluding hydrogens is 636 g/mol. The van der Waals surface area contributed by atoms with Crippen LogP contribution in [0.5, 0.6) is 5.88 Å². The van der Waals surface area contributed by atoms with Gasteiger partial charge in [-0.05, 0) is 68.9 Å². The Balaban J connectivity index is 1.43. The van der Waals surface area contributed by atoms with Crippen LogP contribution in [0.2, 0.25) is 0 Å². The number of ether oxygens (including phenoxy) is 2. The van der Waals surface area contributed by atoms with Crippen LogP contribution in [-0.2, 0) is 29.1 Å². The molecule has 5 rings (SSSR count). The summed E-state index contributed by atoms with van der Waals surface area (Å²) in [6.07, 6.45) is 2.82. The largest absolute Gasteiger partial charge is 0.472 e. The van der Waals surface area contributed by atoms with Gasteiger partial charge in [0, 0.05) is 24.4 Å². The van der Waals surface area contributed by atoms with E-state index in [1.54, 1.807) is 53.8 Å². The molecule has 2 aliphatic carbocycles. The minimum absolute atomic E-state index is 0.0167. The summed E-state index contributed by atoms with van der Waals surface area (Å²) < 4.78 is 39.3. The second-order valence-electron chi connectivity index (χ2n) is 15.3. The van der Waals surface area contributed by atoms with Crippen molar-refractivity contribution in [1.82, 2.24) is 19.9 Å². The fourth-order valence-electron chi connectivity index (χ4n) is 6.32. The molecular formula is C35H46N4O8S. The number of ketones is 1. The van der Waals surface area contributed by atoms with Crippen molar-refractivity contribution >= 4 is 44.5 Å². The van der Waals surface area contributed by atoms with Gasteiger partial charge in [-0.2, -0.15) is 0 Å². The zero-order valence-corrected chi connectivity index (χ0v) is 29.3. The van der Waals surface area contributed by atoms with Crippen molar-refractivity contribution in [2.75, 3.05) is 6.54 Å². The molecule has 3 aliphatic rings. The van der Waals surface area contributed by atoms with Crippen LogP contribution in [0.25, 0.3) is 10.8 Å². The van der Waals surface area contributed by atoms with E-state index in [0.29, 0.717) is 18.7 Å². The smallest absolute Gasteiger partial charge is 0.408 e. The number of hydrogen-bond donors (Lipinski definition) is 2. The predicted molar refractivity (Wildman–Crippen MR) is 179 cm³/mol. The number of alkyl carbamates (subject to hydrolysis) is 1. The Morgan fingerprint density at radius 1 is 1.10 bits per heavy atom. The minimum atomic E-state index is -3.84. The number of rotatable bonds is 11. The second-order valence-corrected chi connectivity index (χ2v) is 17.2. The number of nitrogens with one attached hydrogen (secondary N) is 2. The van der Waals surface area contributed by atoms with Gasteiger partial charge < -0.3 is 19.7 Å². The highest BCUT2D eigenvalue weighted by atomic mass is 32.2. The number of nitrogens with zero attached hydrogens (tertiary/aromatic N) is 2. The summed E-state index contributed by atoms with van der Waals surface area (Å²) in [5.74, 6) is -1.68. The fourth-order valence-corrected chi connectivity index (χ4v) is 7.71. The Bertz CT molecular complexity index is 1720. The molecule has 2 heterocycles. The number of allylic oxidation sites excluding steroid dienone is 1. The molecule has 1 saturated heterocycles. The SMILES string of the molecule is C=C[C@@H]1C[C@]1(CC(=O)[C@@H]1C[C@@H](Oc2nccc3ccccc23)CN1C(=O)[C@@H](NC(=O)OC(C)(C)C)C(C)(C)C)C(=O)NS(=O)(=O)C1CC1. The maximum Gasteiger partial charge on any atom is 0.408 e. The maximum absolute atomic E-state index is 14.4. The third-order valence-corrected chi connectivity index (χ3v) is 11.0. The van der Waals surface area contributed by atoms with E-state index in [0.717, 1.165) is 10.8 Å². The molecule has 2 N–H and O–H groups in total. The Morgan fingerprint density at radius 3 is 2.40 bits per heavy atom. The third-order valence-electron chi connectivity index (χ3n) is 9.17. The van der Waals surface area contributed by atoms with Gasteiger partial charge in [-0.3, -0.25) is 19.1 Å². The minimum Gasteiger partial charge on any atom is -0.472 e. The van der Waals surface area contributed by atoms with E-state index in [1.807, 2.05) is 30.3 Å². The first-order valence-electron chi connectivity index (χ1n) is 16.4. The molecule has 0 radical (unpaired) electrons. The van der Waals surface area contributed by atoms with E-state index in [9.17, 15) is 27.6 Å². The molecule has 1 aromatic heterocycles. The van der Waals surface area contributed by atoms with Gasteiger partial charge in [0.25, 0.3) is 0 Å². The standard InChI is InChI=1S/C35H46N4O8S/c1-8-22-18-35(22,31(42)38-48(44,45)24-13-14-24)19-27(40)26-17-23(46-29-25-12-10-9-11-21(25)15-16-36-29)20-39(26)30(41)28(33(2,3)4)37-32(43)47-34(5,6)7/h8-12,15-16,22-24,26,28H,1,13-14,17-20H2,2-7H3,(H,37,43)(H,38,42)/t22-,23-,26+,28-,35-/m1/s1. The van der Waals surface area contributed by atoms with E-state index < -0.39 is 79.5 Å². The summed E-state index contributed by atoms with van der Waals surface area (Å²) in [7, 11) is -3.84. The normalized spacial score (nSPS) is 24.8. The number of carbonyl (C=O) groups excluding carboxylic acids is 4. The summed E-state index contributed by atoms with van der Waals surface area (Å²) in [5, 5.41) is 3.79. The average Bonchev–Trinajstić information content (AvgIpc) is 3.91. The Labute approximate surface area is 282 Å². The van der Waals surface area contributed by atoms with Crippen LogP contribution in [0.3, 0.4) is 0 Å². The van der Waals surface area contributed by atoms with Gasteiger partial charge in [0.2, 0.25) is 27.7 Å². The monoisotopic (exact) mass is 682 g/mol. The first-order chi connectivity index (χ1) is 22.3. The number of likely N-dealkylation sites (tertiary alicyclic amines) is 1. The Kier molecular flexibility index (Phi) is 9.41. The molecule has 260 valence electrons. The fraction of sp³-hybridized carbons (Fsp3) is 0.571. The number of sulfonamides is 1. The Morgan fingerprint density at radius 2 is 1.79 bits per heavy atom. The van der Waals surface area contributed by atoms with E-state index >= 15 is 0 Å². The lowest BCUT2D eigenvalue weighted by molar-refractivity contribution is -0.142. The highest BCUT2D eigenvalue weighted by Crippen LogP contribution is 2.57. The molecule has 13 heteroatoms. The van der Waals surface area contributed by atoms with Gasteiger partial charge in [-0.15, -0.1) is 6.58 Å². The molecule has 1 aromatic carbocycles. The zero-order chi connectivity index (χ0) is 35.2. The number of Topliss-reactive ketones (excluding diaryl/α,β-unsaturated/α-hetero) is 1. The van der Waals surface area contributed by atoms with Crippen molar-refractivity contribution in [3.05, 3.63) is 49.2 Å². The number of aromatic nitrogens is 1. The summed E-state index contributed by atoms with van der Waals surface area (Å²) in [6.45, 7) is 14.4. The van der Waals surface area contributed by atoms with Crippen LogP contribution in [0.15, 0.2) is 49.2 Å². The number of hydrogen-bond acceptors (Lipinski definition) is 9. The highest BCUT2D eigenvalue weighted by molar-refractivity contribution is 7.90. The van der Waals surface area contributed by atoms with Crippen molar-refractivity contribution in [2.45, 2.75) is 103 Å². The van der Waals surface area contributed by atoms with Crippen molar-refractivity contribution in [3.8, 4) is 5.88 Å². The number of benzene rings is 1. The zero-order valence-electron chi connectivity index (χ0n) is 28.4. The number of carbonyl (C=O) groups is 4. The van der Waals surface area contributed by atoms with Crippen LogP contribution in [0, 0.1) is 16.7 Å². The van der Waals surface area contributed by atoms with Gasteiger partial charge in [-0.25, -0.2) is 18.2 Å². The lowest BCUT2D eigenvalue weighted by atomic mass is 9.85. The van der Waals surface area contributed by atoms with E-state index in [1.165, 1.54) is 4.90 Å². The van der Waals surface area contributed by atoms with Crippen molar-refractivity contribution in [3.63, 3.8) is 0 Å². The average molecular weight is 683 g/mol. The molecule has 5 atom stereocenters. The molecule has 3 amide bonds. The maximum atomic E-state index is 14.4. The van der Waals surface area contributed by atoms with Crippen LogP contribution < -0.4 is 14.8 Å². The molecule has 2 saturated carbocycles. The third kappa shape index (κ3) is 7.66. The summed E-state index contributed by atoms with van der Waals surface area (Å²) in [6, 6.07) is 7.34. The number of amides is 3. The molecule has 2 aromatic rings.